The highest BCUT2D eigenvalue weighted by atomic mass is 79.9. The fourth-order valence-corrected chi connectivity index (χ4v) is 2.75. The summed E-state index contributed by atoms with van der Waals surface area (Å²) in [5.74, 6) is 0.344. The van der Waals surface area contributed by atoms with E-state index in [1.165, 1.54) is 0 Å². The molecule has 0 unspecified atom stereocenters. The van der Waals surface area contributed by atoms with Crippen LogP contribution in [0.15, 0.2) is 47.1 Å². The zero-order valence-corrected chi connectivity index (χ0v) is 14.7. The Hall–Kier alpha value is -2.67. The molecule has 6 nitrogen and oxygen atoms in total. The molecule has 0 saturated carbocycles. The fraction of sp³-hybridized carbons (Fsp3) is 0.118. The molecule has 0 aliphatic heterocycles. The molecular formula is C17H15BrN4O2. The van der Waals surface area contributed by atoms with E-state index in [2.05, 4.69) is 31.3 Å². The van der Waals surface area contributed by atoms with Crippen LogP contribution in [0.3, 0.4) is 0 Å². The summed E-state index contributed by atoms with van der Waals surface area (Å²) in [6.45, 7) is 3.82. The van der Waals surface area contributed by atoms with Gasteiger partial charge in [-0.25, -0.2) is 9.78 Å². The van der Waals surface area contributed by atoms with Gasteiger partial charge in [0.15, 0.2) is 5.82 Å². The van der Waals surface area contributed by atoms with Crippen molar-refractivity contribution in [3.63, 3.8) is 0 Å². The van der Waals surface area contributed by atoms with Gasteiger partial charge in [0.25, 0.3) is 0 Å². The maximum absolute atomic E-state index is 11.5. The minimum atomic E-state index is -1.00. The van der Waals surface area contributed by atoms with Crippen LogP contribution in [0.1, 0.15) is 21.6 Å². The molecule has 3 aromatic rings. The lowest BCUT2D eigenvalue weighted by Crippen LogP contribution is -2.08. The van der Waals surface area contributed by atoms with Crippen molar-refractivity contribution in [2.45, 2.75) is 13.8 Å². The van der Waals surface area contributed by atoms with E-state index < -0.39 is 5.97 Å². The summed E-state index contributed by atoms with van der Waals surface area (Å²) in [4.78, 5) is 15.9. The lowest BCUT2D eigenvalue weighted by molar-refractivity contribution is 0.0698. The van der Waals surface area contributed by atoms with E-state index in [-0.39, 0.29) is 5.56 Å². The molecule has 2 aromatic heterocycles. The van der Waals surface area contributed by atoms with Gasteiger partial charge < -0.3 is 10.4 Å². The molecule has 0 saturated heterocycles. The van der Waals surface area contributed by atoms with Crippen LogP contribution in [0, 0.1) is 13.8 Å². The summed E-state index contributed by atoms with van der Waals surface area (Å²) in [5, 5.41) is 17.0. The molecule has 1 aromatic carbocycles. The second kappa shape index (κ2) is 6.45. The number of aromatic nitrogens is 3. The van der Waals surface area contributed by atoms with Crippen LogP contribution in [0.5, 0.6) is 0 Å². The largest absolute Gasteiger partial charge is 0.478 e. The molecule has 0 bridgehead atoms. The summed E-state index contributed by atoms with van der Waals surface area (Å²) < 4.78 is 2.38. The van der Waals surface area contributed by atoms with Crippen LogP contribution in [-0.4, -0.2) is 25.8 Å². The molecule has 0 radical (unpaired) electrons. The molecule has 0 aliphatic carbocycles. The average molecular weight is 387 g/mol. The van der Waals surface area contributed by atoms with Crippen molar-refractivity contribution >= 4 is 33.4 Å². The average Bonchev–Trinajstić information content (AvgIpc) is 2.89. The van der Waals surface area contributed by atoms with Crippen molar-refractivity contribution in [3.05, 3.63) is 63.9 Å². The third-order valence-electron chi connectivity index (χ3n) is 3.49. The number of carboxylic acids is 1. The number of rotatable bonds is 4. The minimum absolute atomic E-state index is 0.174. The maximum atomic E-state index is 11.5. The Morgan fingerprint density at radius 2 is 2.04 bits per heavy atom. The Bertz CT molecular complexity index is 921. The quantitative estimate of drug-likeness (QED) is 0.705. The van der Waals surface area contributed by atoms with Gasteiger partial charge in [0.05, 0.1) is 16.9 Å². The van der Waals surface area contributed by atoms with Gasteiger partial charge in [-0.1, -0.05) is 22.0 Å². The van der Waals surface area contributed by atoms with Crippen molar-refractivity contribution in [1.29, 1.82) is 0 Å². The monoisotopic (exact) mass is 386 g/mol. The summed E-state index contributed by atoms with van der Waals surface area (Å²) in [6.07, 6.45) is 1.70. The Morgan fingerprint density at radius 1 is 1.25 bits per heavy atom. The Balaban J connectivity index is 2.07. The second-order valence-electron chi connectivity index (χ2n) is 5.35. The van der Waals surface area contributed by atoms with Gasteiger partial charge in [-0.2, -0.15) is 9.78 Å². The zero-order chi connectivity index (χ0) is 17.3. The van der Waals surface area contributed by atoms with Gasteiger partial charge >= 0.3 is 5.97 Å². The fourth-order valence-electron chi connectivity index (χ4n) is 2.39. The molecule has 0 fully saturated rings. The summed E-state index contributed by atoms with van der Waals surface area (Å²) in [5.41, 5.74) is 2.43. The van der Waals surface area contributed by atoms with Gasteiger partial charge in [0.1, 0.15) is 5.82 Å². The van der Waals surface area contributed by atoms with E-state index in [0.29, 0.717) is 21.8 Å². The molecule has 2 N–H and O–H groups in total. The number of hydrogen-bond acceptors (Lipinski definition) is 4. The molecule has 7 heteroatoms. The van der Waals surface area contributed by atoms with E-state index in [9.17, 15) is 9.90 Å². The van der Waals surface area contributed by atoms with Gasteiger partial charge in [0, 0.05) is 16.7 Å². The molecular weight excluding hydrogens is 372 g/mol. The lowest BCUT2D eigenvalue weighted by atomic mass is 10.2. The first-order chi connectivity index (χ1) is 11.5. The molecule has 0 aliphatic rings. The first-order valence-electron chi connectivity index (χ1n) is 7.24. The van der Waals surface area contributed by atoms with Gasteiger partial charge in [-0.15, -0.1) is 0 Å². The highest BCUT2D eigenvalue weighted by Crippen LogP contribution is 2.27. The summed E-state index contributed by atoms with van der Waals surface area (Å²) in [6, 6.07) is 10.7. The number of aryl methyl sites for hydroxylation is 2. The highest BCUT2D eigenvalue weighted by Gasteiger charge is 2.15. The Morgan fingerprint density at radius 3 is 2.75 bits per heavy atom. The number of nitrogens with zero attached hydrogens (tertiary/aromatic N) is 3. The second-order valence-corrected chi connectivity index (χ2v) is 6.26. The number of nitrogens with one attached hydrogen (secondary N) is 1. The molecule has 122 valence electrons. The van der Waals surface area contributed by atoms with Gasteiger partial charge in [0.2, 0.25) is 0 Å². The van der Waals surface area contributed by atoms with Crippen LogP contribution >= 0.6 is 15.9 Å². The summed E-state index contributed by atoms with van der Waals surface area (Å²) in [7, 11) is 0. The van der Waals surface area contributed by atoms with Crippen molar-refractivity contribution < 1.29 is 9.90 Å². The van der Waals surface area contributed by atoms with E-state index in [1.807, 2.05) is 32.0 Å². The van der Waals surface area contributed by atoms with Crippen molar-refractivity contribution in [1.82, 2.24) is 14.8 Å². The van der Waals surface area contributed by atoms with E-state index >= 15 is 0 Å². The molecule has 24 heavy (non-hydrogen) atoms. The molecule has 0 spiro atoms. The lowest BCUT2D eigenvalue weighted by Gasteiger charge is -2.12. The first-order valence-corrected chi connectivity index (χ1v) is 8.03. The molecule has 3 rings (SSSR count). The Labute approximate surface area is 147 Å². The van der Waals surface area contributed by atoms with E-state index in [0.717, 1.165) is 11.3 Å². The molecule has 0 atom stereocenters. The number of pyridine rings is 1. The van der Waals surface area contributed by atoms with Crippen LogP contribution in [0.2, 0.25) is 0 Å². The third kappa shape index (κ3) is 3.16. The predicted molar refractivity (Wildman–Crippen MR) is 95.2 cm³/mol. The zero-order valence-electron chi connectivity index (χ0n) is 13.1. The molecule has 2 heterocycles. The van der Waals surface area contributed by atoms with Crippen molar-refractivity contribution in [2.75, 3.05) is 5.32 Å². The van der Waals surface area contributed by atoms with Crippen molar-refractivity contribution in [3.8, 4) is 5.82 Å². The highest BCUT2D eigenvalue weighted by molar-refractivity contribution is 9.10. The number of aromatic carboxylic acids is 1. The van der Waals surface area contributed by atoms with Gasteiger partial charge in [-0.3, -0.25) is 0 Å². The van der Waals surface area contributed by atoms with Crippen LogP contribution in [0.4, 0.5) is 11.5 Å². The number of carboxylic acid groups (broad SMARTS) is 1. The van der Waals surface area contributed by atoms with Crippen LogP contribution in [-0.2, 0) is 0 Å². The maximum Gasteiger partial charge on any atom is 0.337 e. The van der Waals surface area contributed by atoms with Gasteiger partial charge in [-0.05, 0) is 43.7 Å². The van der Waals surface area contributed by atoms with E-state index in [1.54, 1.807) is 29.1 Å². The number of benzene rings is 1. The normalized spacial score (nSPS) is 10.6. The minimum Gasteiger partial charge on any atom is -0.478 e. The topological polar surface area (TPSA) is 80.0 Å². The Kier molecular flexibility index (Phi) is 4.35. The smallest absolute Gasteiger partial charge is 0.337 e. The SMILES string of the molecule is Cc1cc(Nc2ccc(Br)cc2C(=O)O)n(-c2ncccc2C)n1. The number of carbonyl (C=O) groups is 1. The number of hydrogen-bond donors (Lipinski definition) is 2. The van der Waals surface area contributed by atoms with Crippen molar-refractivity contribution in [2.24, 2.45) is 0 Å². The standard InChI is InChI=1S/C17H15BrN4O2/c1-10-4-3-7-19-16(10)22-15(8-11(2)21-22)20-14-6-5-12(18)9-13(14)17(23)24/h3-9,20H,1-2H3,(H,23,24). The van der Waals surface area contributed by atoms with Crippen LogP contribution in [0.25, 0.3) is 5.82 Å². The molecule has 0 amide bonds. The third-order valence-corrected chi connectivity index (χ3v) is 3.98. The predicted octanol–water partition coefficient (Wildman–Crippen LogP) is 4.09. The first kappa shape index (κ1) is 16.2. The van der Waals surface area contributed by atoms with Crippen LogP contribution < -0.4 is 5.32 Å². The summed E-state index contributed by atoms with van der Waals surface area (Å²) >= 11 is 3.30. The number of halogens is 1. The van der Waals surface area contributed by atoms with E-state index in [4.69, 9.17) is 0 Å². The number of anilines is 2.